The SMILES string of the molecule is CSc1nc(N)cc(NCCC2CCCO2)n1. The molecule has 3 N–H and O–H groups in total. The Bertz CT molecular complexity index is 368. The average molecular weight is 254 g/mol. The Morgan fingerprint density at radius 3 is 3.18 bits per heavy atom. The summed E-state index contributed by atoms with van der Waals surface area (Å²) in [5.41, 5.74) is 5.70. The lowest BCUT2D eigenvalue weighted by Crippen LogP contribution is -2.13. The maximum Gasteiger partial charge on any atom is 0.191 e. The van der Waals surface area contributed by atoms with E-state index in [-0.39, 0.29) is 0 Å². The van der Waals surface area contributed by atoms with Gasteiger partial charge in [-0.2, -0.15) is 0 Å². The van der Waals surface area contributed by atoms with E-state index in [4.69, 9.17) is 10.5 Å². The molecule has 0 spiro atoms. The standard InChI is InChI=1S/C11H18N4OS/c1-17-11-14-9(12)7-10(15-11)13-5-4-8-3-2-6-16-8/h7-8H,2-6H2,1H3,(H3,12,13,14,15). The minimum absolute atomic E-state index is 0.404. The lowest BCUT2D eigenvalue weighted by atomic mass is 10.2. The quantitative estimate of drug-likeness (QED) is 0.616. The highest BCUT2D eigenvalue weighted by Gasteiger charge is 2.14. The van der Waals surface area contributed by atoms with Crippen LogP contribution in [0.4, 0.5) is 11.6 Å². The molecule has 1 atom stereocenters. The Kier molecular flexibility index (Phi) is 4.44. The van der Waals surface area contributed by atoms with Gasteiger partial charge in [-0.05, 0) is 25.5 Å². The fraction of sp³-hybridized carbons (Fsp3) is 0.636. The zero-order valence-electron chi connectivity index (χ0n) is 9.98. The highest BCUT2D eigenvalue weighted by molar-refractivity contribution is 7.98. The Morgan fingerprint density at radius 1 is 1.59 bits per heavy atom. The van der Waals surface area contributed by atoms with Crippen molar-refractivity contribution in [2.75, 3.05) is 30.5 Å². The Balaban J connectivity index is 1.83. The van der Waals surface area contributed by atoms with Gasteiger partial charge in [0.25, 0.3) is 0 Å². The fourth-order valence-electron chi connectivity index (χ4n) is 1.86. The molecule has 1 aromatic rings. The van der Waals surface area contributed by atoms with E-state index in [2.05, 4.69) is 15.3 Å². The number of ether oxygens (including phenoxy) is 1. The average Bonchev–Trinajstić information content (AvgIpc) is 2.81. The van der Waals surface area contributed by atoms with Crippen molar-refractivity contribution < 1.29 is 4.74 Å². The van der Waals surface area contributed by atoms with Crippen molar-refractivity contribution in [2.45, 2.75) is 30.5 Å². The predicted molar refractivity (Wildman–Crippen MR) is 70.3 cm³/mol. The van der Waals surface area contributed by atoms with Gasteiger partial charge in [-0.25, -0.2) is 9.97 Å². The maximum atomic E-state index is 5.70. The van der Waals surface area contributed by atoms with Gasteiger partial charge in [0.15, 0.2) is 5.16 Å². The molecule has 2 rings (SSSR count). The van der Waals surface area contributed by atoms with Crippen molar-refractivity contribution in [1.29, 1.82) is 0 Å². The van der Waals surface area contributed by atoms with E-state index in [0.717, 1.165) is 25.4 Å². The molecule has 0 bridgehead atoms. The first-order valence-corrected chi connectivity index (χ1v) is 7.04. The number of aromatic nitrogens is 2. The molecule has 94 valence electrons. The van der Waals surface area contributed by atoms with Gasteiger partial charge >= 0.3 is 0 Å². The first kappa shape index (κ1) is 12.4. The Morgan fingerprint density at radius 2 is 2.47 bits per heavy atom. The number of nitrogens with zero attached hydrogens (tertiary/aromatic N) is 2. The summed E-state index contributed by atoms with van der Waals surface area (Å²) in [5, 5.41) is 3.96. The molecule has 1 fully saturated rings. The van der Waals surface area contributed by atoms with Gasteiger partial charge in [0.05, 0.1) is 6.10 Å². The molecule has 5 nitrogen and oxygen atoms in total. The smallest absolute Gasteiger partial charge is 0.191 e. The predicted octanol–water partition coefficient (Wildman–Crippen LogP) is 1.76. The summed E-state index contributed by atoms with van der Waals surface area (Å²) in [6.45, 7) is 1.76. The van der Waals surface area contributed by atoms with Crippen LogP contribution in [0.15, 0.2) is 11.2 Å². The minimum atomic E-state index is 0.404. The molecule has 0 aromatic carbocycles. The first-order valence-electron chi connectivity index (χ1n) is 5.82. The molecule has 1 saturated heterocycles. The molecule has 1 aliphatic heterocycles. The number of rotatable bonds is 5. The molecular weight excluding hydrogens is 236 g/mol. The van der Waals surface area contributed by atoms with Crippen molar-refractivity contribution in [2.24, 2.45) is 0 Å². The third kappa shape index (κ3) is 3.74. The van der Waals surface area contributed by atoms with Crippen LogP contribution in [0.2, 0.25) is 0 Å². The largest absolute Gasteiger partial charge is 0.383 e. The third-order valence-electron chi connectivity index (χ3n) is 2.70. The van der Waals surface area contributed by atoms with Crippen molar-refractivity contribution >= 4 is 23.4 Å². The van der Waals surface area contributed by atoms with Crippen LogP contribution in [0.3, 0.4) is 0 Å². The topological polar surface area (TPSA) is 73.1 Å². The van der Waals surface area contributed by atoms with E-state index < -0.39 is 0 Å². The van der Waals surface area contributed by atoms with E-state index in [0.29, 0.717) is 17.1 Å². The van der Waals surface area contributed by atoms with Gasteiger partial charge in [0, 0.05) is 19.2 Å². The summed E-state index contributed by atoms with van der Waals surface area (Å²) < 4.78 is 5.56. The van der Waals surface area contributed by atoms with Crippen LogP contribution in [0.25, 0.3) is 0 Å². The van der Waals surface area contributed by atoms with Crippen molar-refractivity contribution in [3.8, 4) is 0 Å². The van der Waals surface area contributed by atoms with E-state index in [9.17, 15) is 0 Å². The van der Waals surface area contributed by atoms with Crippen LogP contribution in [-0.2, 0) is 4.74 Å². The van der Waals surface area contributed by atoms with Crippen molar-refractivity contribution in [3.05, 3.63) is 6.07 Å². The highest BCUT2D eigenvalue weighted by atomic mass is 32.2. The van der Waals surface area contributed by atoms with Gasteiger partial charge in [0.2, 0.25) is 0 Å². The first-order chi connectivity index (χ1) is 8.28. The zero-order valence-corrected chi connectivity index (χ0v) is 10.8. The molecule has 6 heteroatoms. The summed E-state index contributed by atoms with van der Waals surface area (Å²) in [6, 6.07) is 1.76. The second-order valence-corrected chi connectivity index (χ2v) is 4.79. The van der Waals surface area contributed by atoms with Gasteiger partial charge in [0.1, 0.15) is 11.6 Å². The van der Waals surface area contributed by atoms with Crippen molar-refractivity contribution in [3.63, 3.8) is 0 Å². The van der Waals surface area contributed by atoms with Gasteiger partial charge < -0.3 is 15.8 Å². The molecule has 0 aliphatic carbocycles. The number of nitrogen functional groups attached to an aromatic ring is 1. The number of anilines is 2. The van der Waals surface area contributed by atoms with Crippen LogP contribution in [0, 0.1) is 0 Å². The van der Waals surface area contributed by atoms with Crippen LogP contribution < -0.4 is 11.1 Å². The van der Waals surface area contributed by atoms with Crippen LogP contribution in [0.5, 0.6) is 0 Å². The Hall–Kier alpha value is -1.01. The molecule has 1 unspecified atom stereocenters. The summed E-state index contributed by atoms with van der Waals surface area (Å²) in [7, 11) is 0. The molecule has 2 heterocycles. The lowest BCUT2D eigenvalue weighted by molar-refractivity contribution is 0.107. The maximum absolute atomic E-state index is 5.70. The van der Waals surface area contributed by atoms with Gasteiger partial charge in [-0.15, -0.1) is 0 Å². The molecule has 1 aliphatic rings. The van der Waals surface area contributed by atoms with Crippen LogP contribution in [-0.4, -0.2) is 35.5 Å². The Labute approximate surface area is 106 Å². The summed E-state index contributed by atoms with van der Waals surface area (Å²) in [5.74, 6) is 1.30. The van der Waals surface area contributed by atoms with Crippen LogP contribution >= 0.6 is 11.8 Å². The normalized spacial score (nSPS) is 19.5. The van der Waals surface area contributed by atoms with Crippen molar-refractivity contribution in [1.82, 2.24) is 9.97 Å². The number of hydrogen-bond acceptors (Lipinski definition) is 6. The molecule has 0 amide bonds. The van der Waals surface area contributed by atoms with E-state index >= 15 is 0 Å². The summed E-state index contributed by atoms with van der Waals surface area (Å²) >= 11 is 1.49. The zero-order chi connectivity index (χ0) is 12.1. The molecule has 17 heavy (non-hydrogen) atoms. The van der Waals surface area contributed by atoms with E-state index in [1.54, 1.807) is 6.07 Å². The highest BCUT2D eigenvalue weighted by Crippen LogP contribution is 2.17. The van der Waals surface area contributed by atoms with Crippen LogP contribution in [0.1, 0.15) is 19.3 Å². The van der Waals surface area contributed by atoms with E-state index in [1.807, 2.05) is 6.26 Å². The second-order valence-electron chi connectivity index (χ2n) is 4.02. The fourth-order valence-corrected chi connectivity index (χ4v) is 2.24. The number of nitrogens with two attached hydrogens (primary N) is 1. The number of nitrogens with one attached hydrogen (secondary N) is 1. The van der Waals surface area contributed by atoms with Gasteiger partial charge in [-0.1, -0.05) is 11.8 Å². The molecule has 0 radical (unpaired) electrons. The minimum Gasteiger partial charge on any atom is -0.383 e. The summed E-state index contributed by atoms with van der Waals surface area (Å²) in [4.78, 5) is 8.44. The number of thioether (sulfide) groups is 1. The lowest BCUT2D eigenvalue weighted by Gasteiger charge is -2.11. The molecular formula is C11H18N4OS. The van der Waals surface area contributed by atoms with Gasteiger partial charge in [-0.3, -0.25) is 0 Å². The third-order valence-corrected chi connectivity index (χ3v) is 3.25. The monoisotopic (exact) mass is 254 g/mol. The number of hydrogen-bond donors (Lipinski definition) is 2. The molecule has 0 saturated carbocycles. The van der Waals surface area contributed by atoms with E-state index in [1.165, 1.54) is 24.6 Å². The molecule has 1 aromatic heterocycles. The summed E-state index contributed by atoms with van der Waals surface area (Å²) in [6.07, 6.45) is 5.70. The second kappa shape index (κ2) is 6.07.